The zero-order valence-electron chi connectivity index (χ0n) is 10.1. The van der Waals surface area contributed by atoms with Gasteiger partial charge < -0.3 is 10.2 Å². The number of urea groups is 1. The van der Waals surface area contributed by atoms with Crippen LogP contribution in [0.1, 0.15) is 5.56 Å². The average molecular weight is 242 g/mol. The molecule has 0 radical (unpaired) electrons. The Labute approximate surface area is 105 Å². The van der Waals surface area contributed by atoms with Crippen molar-refractivity contribution in [2.24, 2.45) is 0 Å². The molecule has 5 heteroatoms. The van der Waals surface area contributed by atoms with Crippen molar-refractivity contribution >= 4 is 11.7 Å². The zero-order valence-corrected chi connectivity index (χ0v) is 10.1. The van der Waals surface area contributed by atoms with Crippen LogP contribution in [0.3, 0.4) is 0 Å². The number of carbonyl (C=O) groups is 1. The largest absolute Gasteiger partial charge is 0.323 e. The maximum Gasteiger partial charge on any atom is 0.321 e. The van der Waals surface area contributed by atoms with Gasteiger partial charge in [0.05, 0.1) is 11.9 Å². The average Bonchev–Trinajstić information content (AvgIpc) is 2.41. The second-order valence-corrected chi connectivity index (χ2v) is 3.89. The number of rotatable bonds is 3. The lowest BCUT2D eigenvalue weighted by molar-refractivity contribution is 0.220. The summed E-state index contributed by atoms with van der Waals surface area (Å²) < 4.78 is 0. The fourth-order valence-electron chi connectivity index (χ4n) is 1.49. The molecule has 2 aromatic heterocycles. The Morgan fingerprint density at radius 1 is 1.22 bits per heavy atom. The number of carbonyl (C=O) groups excluding carboxylic acids is 1. The molecule has 0 saturated carbocycles. The molecule has 0 saturated heterocycles. The molecule has 0 aliphatic carbocycles. The molecule has 2 rings (SSSR count). The van der Waals surface area contributed by atoms with Gasteiger partial charge in [-0.05, 0) is 23.8 Å². The first-order valence-electron chi connectivity index (χ1n) is 5.57. The molecular formula is C13H14N4O. The van der Waals surface area contributed by atoms with E-state index in [1.807, 2.05) is 12.1 Å². The Kier molecular flexibility index (Phi) is 3.86. The van der Waals surface area contributed by atoms with Crippen molar-refractivity contribution in [3.8, 4) is 0 Å². The molecule has 0 bridgehead atoms. The topological polar surface area (TPSA) is 58.1 Å². The molecule has 2 amide bonds. The van der Waals surface area contributed by atoms with Gasteiger partial charge >= 0.3 is 6.03 Å². The predicted octanol–water partition coefficient (Wildman–Crippen LogP) is 2.14. The van der Waals surface area contributed by atoms with E-state index in [-0.39, 0.29) is 6.03 Å². The SMILES string of the molecule is CN(Cc1cccnc1)C(=O)Nc1cccnc1. The monoisotopic (exact) mass is 242 g/mol. The number of nitrogens with one attached hydrogen (secondary N) is 1. The van der Waals surface area contributed by atoms with Crippen LogP contribution in [0.15, 0.2) is 49.1 Å². The summed E-state index contributed by atoms with van der Waals surface area (Å²) in [5.41, 5.74) is 1.67. The maximum absolute atomic E-state index is 11.9. The number of amides is 2. The Morgan fingerprint density at radius 3 is 2.56 bits per heavy atom. The van der Waals surface area contributed by atoms with E-state index in [0.717, 1.165) is 5.56 Å². The zero-order chi connectivity index (χ0) is 12.8. The van der Waals surface area contributed by atoms with E-state index in [1.54, 1.807) is 48.9 Å². The van der Waals surface area contributed by atoms with E-state index in [1.165, 1.54) is 0 Å². The van der Waals surface area contributed by atoms with Gasteiger partial charge in [-0.25, -0.2) is 4.79 Å². The smallest absolute Gasteiger partial charge is 0.321 e. The molecule has 5 nitrogen and oxygen atoms in total. The first kappa shape index (κ1) is 12.0. The van der Waals surface area contributed by atoms with Crippen LogP contribution in [-0.2, 0) is 6.54 Å². The van der Waals surface area contributed by atoms with Gasteiger partial charge in [0, 0.05) is 32.2 Å². The lowest BCUT2D eigenvalue weighted by Crippen LogP contribution is -2.30. The Hall–Kier alpha value is -2.43. The minimum absolute atomic E-state index is 0.174. The van der Waals surface area contributed by atoms with Crippen molar-refractivity contribution in [2.75, 3.05) is 12.4 Å². The van der Waals surface area contributed by atoms with Crippen LogP contribution in [0.5, 0.6) is 0 Å². The maximum atomic E-state index is 11.9. The fraction of sp³-hybridized carbons (Fsp3) is 0.154. The summed E-state index contributed by atoms with van der Waals surface area (Å²) in [4.78, 5) is 21.4. The van der Waals surface area contributed by atoms with Gasteiger partial charge in [0.25, 0.3) is 0 Å². The van der Waals surface area contributed by atoms with Crippen LogP contribution in [0.4, 0.5) is 10.5 Å². The van der Waals surface area contributed by atoms with E-state index in [2.05, 4.69) is 15.3 Å². The molecule has 0 spiro atoms. The van der Waals surface area contributed by atoms with Crippen LogP contribution >= 0.6 is 0 Å². The third-order valence-electron chi connectivity index (χ3n) is 2.40. The predicted molar refractivity (Wildman–Crippen MR) is 69.0 cm³/mol. The molecular weight excluding hydrogens is 228 g/mol. The second-order valence-electron chi connectivity index (χ2n) is 3.89. The van der Waals surface area contributed by atoms with E-state index in [9.17, 15) is 4.79 Å². The van der Waals surface area contributed by atoms with Crippen molar-refractivity contribution in [1.82, 2.24) is 14.9 Å². The van der Waals surface area contributed by atoms with Gasteiger partial charge in [0.1, 0.15) is 0 Å². The Bertz CT molecular complexity index is 501. The highest BCUT2D eigenvalue weighted by Gasteiger charge is 2.09. The van der Waals surface area contributed by atoms with Gasteiger partial charge in [0.15, 0.2) is 0 Å². The van der Waals surface area contributed by atoms with Gasteiger partial charge in [-0.3, -0.25) is 9.97 Å². The van der Waals surface area contributed by atoms with E-state index in [4.69, 9.17) is 0 Å². The summed E-state index contributed by atoms with van der Waals surface area (Å²) in [6, 6.07) is 7.18. The van der Waals surface area contributed by atoms with Gasteiger partial charge in [0.2, 0.25) is 0 Å². The quantitative estimate of drug-likeness (QED) is 0.897. The number of anilines is 1. The van der Waals surface area contributed by atoms with Gasteiger partial charge in [-0.1, -0.05) is 6.07 Å². The van der Waals surface area contributed by atoms with Crippen molar-refractivity contribution in [2.45, 2.75) is 6.54 Å². The van der Waals surface area contributed by atoms with E-state index >= 15 is 0 Å². The summed E-state index contributed by atoms with van der Waals surface area (Å²) >= 11 is 0. The van der Waals surface area contributed by atoms with Gasteiger partial charge in [-0.2, -0.15) is 0 Å². The number of pyridine rings is 2. The molecule has 2 aromatic rings. The summed E-state index contributed by atoms with van der Waals surface area (Å²) in [7, 11) is 1.73. The van der Waals surface area contributed by atoms with Crippen LogP contribution < -0.4 is 5.32 Å². The van der Waals surface area contributed by atoms with Crippen LogP contribution in [0.25, 0.3) is 0 Å². The molecule has 2 heterocycles. The molecule has 0 fully saturated rings. The summed E-state index contributed by atoms with van der Waals surface area (Å²) in [6.45, 7) is 0.514. The summed E-state index contributed by atoms with van der Waals surface area (Å²) in [5.74, 6) is 0. The number of hydrogen-bond acceptors (Lipinski definition) is 3. The normalized spacial score (nSPS) is 9.83. The number of hydrogen-bond donors (Lipinski definition) is 1. The first-order valence-corrected chi connectivity index (χ1v) is 5.57. The molecule has 18 heavy (non-hydrogen) atoms. The molecule has 0 unspecified atom stereocenters. The summed E-state index contributed by atoms with van der Waals surface area (Å²) in [6.07, 6.45) is 6.72. The third-order valence-corrected chi connectivity index (χ3v) is 2.40. The van der Waals surface area contributed by atoms with Crippen molar-refractivity contribution < 1.29 is 4.79 Å². The Morgan fingerprint density at radius 2 is 1.94 bits per heavy atom. The molecule has 0 aliphatic rings. The molecule has 1 N–H and O–H groups in total. The van der Waals surface area contributed by atoms with Crippen molar-refractivity contribution in [3.05, 3.63) is 54.6 Å². The highest BCUT2D eigenvalue weighted by Crippen LogP contribution is 2.06. The first-order chi connectivity index (χ1) is 8.75. The second kappa shape index (κ2) is 5.77. The lowest BCUT2D eigenvalue weighted by Gasteiger charge is -2.17. The number of aromatic nitrogens is 2. The Balaban J connectivity index is 1.93. The minimum Gasteiger partial charge on any atom is -0.323 e. The highest BCUT2D eigenvalue weighted by atomic mass is 16.2. The number of nitrogens with zero attached hydrogens (tertiary/aromatic N) is 3. The standard InChI is InChI=1S/C13H14N4O/c1-17(10-11-4-2-6-14-8-11)13(18)16-12-5-3-7-15-9-12/h2-9H,10H2,1H3,(H,16,18). The van der Waals surface area contributed by atoms with Crippen LogP contribution in [0.2, 0.25) is 0 Å². The highest BCUT2D eigenvalue weighted by molar-refractivity contribution is 5.88. The summed E-state index contributed by atoms with van der Waals surface area (Å²) in [5, 5.41) is 2.77. The molecule has 0 atom stereocenters. The van der Waals surface area contributed by atoms with Gasteiger partial charge in [-0.15, -0.1) is 0 Å². The molecule has 0 aromatic carbocycles. The van der Waals surface area contributed by atoms with E-state index in [0.29, 0.717) is 12.2 Å². The van der Waals surface area contributed by atoms with Crippen LogP contribution in [-0.4, -0.2) is 27.9 Å². The molecule has 0 aliphatic heterocycles. The third kappa shape index (κ3) is 3.28. The van der Waals surface area contributed by atoms with Crippen molar-refractivity contribution in [3.63, 3.8) is 0 Å². The van der Waals surface area contributed by atoms with E-state index < -0.39 is 0 Å². The fourth-order valence-corrected chi connectivity index (χ4v) is 1.49. The van der Waals surface area contributed by atoms with Crippen LogP contribution in [0, 0.1) is 0 Å². The molecule has 92 valence electrons. The van der Waals surface area contributed by atoms with Crippen molar-refractivity contribution in [1.29, 1.82) is 0 Å². The minimum atomic E-state index is -0.174. The lowest BCUT2D eigenvalue weighted by atomic mass is 10.3.